The van der Waals surface area contributed by atoms with E-state index in [4.69, 9.17) is 0 Å². The van der Waals surface area contributed by atoms with Crippen LogP contribution in [0.5, 0.6) is 0 Å². The summed E-state index contributed by atoms with van der Waals surface area (Å²) in [4.78, 5) is 12.1. The van der Waals surface area contributed by atoms with Gasteiger partial charge in [-0.25, -0.2) is 8.78 Å². The quantitative estimate of drug-likeness (QED) is 0.875. The van der Waals surface area contributed by atoms with Gasteiger partial charge in [-0.3, -0.25) is 4.79 Å². The lowest BCUT2D eigenvalue weighted by atomic mass is 9.82. The monoisotopic (exact) mass is 239 g/mol. The normalized spacial score (nSPS) is 23.9. The summed E-state index contributed by atoms with van der Waals surface area (Å²) < 4.78 is 25.7. The van der Waals surface area contributed by atoms with Gasteiger partial charge < -0.3 is 5.32 Å². The summed E-state index contributed by atoms with van der Waals surface area (Å²) in [6.07, 6.45) is 0.963. The highest BCUT2D eigenvalue weighted by molar-refractivity contribution is 5.87. The fourth-order valence-electron chi connectivity index (χ4n) is 2.10. The topological polar surface area (TPSA) is 29.1 Å². The zero-order valence-corrected chi connectivity index (χ0v) is 9.72. The minimum absolute atomic E-state index is 0.0773. The second-order valence-corrected chi connectivity index (χ2v) is 4.84. The van der Waals surface area contributed by atoms with Crippen molar-refractivity contribution in [2.45, 2.75) is 19.8 Å². The molecule has 4 heteroatoms. The van der Waals surface area contributed by atoms with Gasteiger partial charge in [0.1, 0.15) is 5.78 Å². The summed E-state index contributed by atoms with van der Waals surface area (Å²) in [5.74, 6) is -1.70. The molecule has 1 aliphatic rings. The molecular formula is C13H15F2NO. The molecule has 2 nitrogen and oxygen atoms in total. The summed E-state index contributed by atoms with van der Waals surface area (Å²) in [5.41, 5.74) is 0.159. The Morgan fingerprint density at radius 2 is 2.18 bits per heavy atom. The van der Waals surface area contributed by atoms with E-state index in [1.165, 1.54) is 6.07 Å². The molecule has 0 bridgehead atoms. The Morgan fingerprint density at radius 3 is 2.76 bits per heavy atom. The Balaban J connectivity index is 2.10. The fourth-order valence-corrected chi connectivity index (χ4v) is 2.10. The van der Waals surface area contributed by atoms with E-state index in [0.717, 1.165) is 25.1 Å². The van der Waals surface area contributed by atoms with E-state index in [-0.39, 0.29) is 17.6 Å². The highest BCUT2D eigenvalue weighted by atomic mass is 19.2. The number of carbonyl (C=O) groups is 1. The molecule has 0 radical (unpaired) electrons. The van der Waals surface area contributed by atoms with Gasteiger partial charge in [0.25, 0.3) is 0 Å². The Bertz CT molecular complexity index is 439. The van der Waals surface area contributed by atoms with Crippen LogP contribution in [0.1, 0.15) is 18.9 Å². The molecule has 0 aliphatic carbocycles. The third kappa shape index (κ3) is 2.52. The number of hydrogen-bond acceptors (Lipinski definition) is 2. The van der Waals surface area contributed by atoms with Crippen molar-refractivity contribution in [3.8, 4) is 0 Å². The average molecular weight is 239 g/mol. The Kier molecular flexibility index (Phi) is 3.24. The number of carbonyl (C=O) groups excluding carboxylic acids is 1. The molecule has 1 N–H and O–H groups in total. The van der Waals surface area contributed by atoms with Gasteiger partial charge in [-0.1, -0.05) is 13.0 Å². The SMILES string of the molecule is CC1(C(=O)Cc2ccc(F)c(F)c2)CCNC1. The molecule has 92 valence electrons. The first-order valence-corrected chi connectivity index (χ1v) is 5.69. The molecular weight excluding hydrogens is 224 g/mol. The van der Waals surface area contributed by atoms with Crippen LogP contribution in [0, 0.1) is 17.0 Å². The lowest BCUT2D eigenvalue weighted by Crippen LogP contribution is -2.31. The minimum atomic E-state index is -0.898. The number of rotatable bonds is 3. The van der Waals surface area contributed by atoms with Crippen LogP contribution in [0.3, 0.4) is 0 Å². The second-order valence-electron chi connectivity index (χ2n) is 4.84. The Morgan fingerprint density at radius 1 is 1.41 bits per heavy atom. The largest absolute Gasteiger partial charge is 0.316 e. The number of ketones is 1. The van der Waals surface area contributed by atoms with Gasteiger partial charge in [0, 0.05) is 18.4 Å². The van der Waals surface area contributed by atoms with Crippen LogP contribution < -0.4 is 5.32 Å². The zero-order valence-electron chi connectivity index (χ0n) is 9.72. The van der Waals surface area contributed by atoms with Crippen molar-refractivity contribution in [1.82, 2.24) is 5.32 Å². The number of benzene rings is 1. The van der Waals surface area contributed by atoms with Crippen molar-refractivity contribution in [2.24, 2.45) is 5.41 Å². The predicted octanol–water partition coefficient (Wildman–Crippen LogP) is 2.08. The number of hydrogen-bond donors (Lipinski definition) is 1. The molecule has 1 fully saturated rings. The molecule has 1 aromatic carbocycles. The van der Waals surface area contributed by atoms with Crippen LogP contribution in [0.4, 0.5) is 8.78 Å². The molecule has 1 heterocycles. The highest BCUT2D eigenvalue weighted by Gasteiger charge is 2.35. The molecule has 1 saturated heterocycles. The number of halogens is 2. The van der Waals surface area contributed by atoms with E-state index in [9.17, 15) is 13.6 Å². The molecule has 17 heavy (non-hydrogen) atoms. The van der Waals surface area contributed by atoms with E-state index >= 15 is 0 Å². The van der Waals surface area contributed by atoms with Crippen LogP contribution in [0.2, 0.25) is 0 Å². The smallest absolute Gasteiger partial charge is 0.159 e. The number of Topliss-reactive ketones (excluding diaryl/α,β-unsaturated/α-hetero) is 1. The molecule has 0 spiro atoms. The van der Waals surface area contributed by atoms with E-state index in [2.05, 4.69) is 5.32 Å². The second kappa shape index (κ2) is 4.53. The summed E-state index contributed by atoms with van der Waals surface area (Å²) >= 11 is 0. The molecule has 2 rings (SSSR count). The first-order chi connectivity index (χ1) is 8.01. The van der Waals surface area contributed by atoms with Gasteiger partial charge in [-0.2, -0.15) is 0 Å². The molecule has 1 aliphatic heterocycles. The Labute approximate surface area is 99.0 Å². The molecule has 0 aromatic heterocycles. The zero-order chi connectivity index (χ0) is 12.5. The predicted molar refractivity (Wildman–Crippen MR) is 60.7 cm³/mol. The summed E-state index contributed by atoms with van der Waals surface area (Å²) in [6.45, 7) is 3.41. The van der Waals surface area contributed by atoms with Crippen molar-refractivity contribution in [1.29, 1.82) is 0 Å². The molecule has 1 unspecified atom stereocenters. The van der Waals surface area contributed by atoms with Gasteiger partial charge in [-0.15, -0.1) is 0 Å². The van der Waals surface area contributed by atoms with Crippen molar-refractivity contribution in [3.05, 3.63) is 35.4 Å². The third-order valence-corrected chi connectivity index (χ3v) is 3.39. The van der Waals surface area contributed by atoms with Gasteiger partial charge in [-0.05, 0) is 30.7 Å². The number of nitrogens with one attached hydrogen (secondary N) is 1. The molecule has 1 atom stereocenters. The van der Waals surface area contributed by atoms with E-state index < -0.39 is 11.6 Å². The van der Waals surface area contributed by atoms with Crippen molar-refractivity contribution in [3.63, 3.8) is 0 Å². The van der Waals surface area contributed by atoms with Crippen molar-refractivity contribution in [2.75, 3.05) is 13.1 Å². The highest BCUT2D eigenvalue weighted by Crippen LogP contribution is 2.27. The van der Waals surface area contributed by atoms with Gasteiger partial charge >= 0.3 is 0 Å². The van der Waals surface area contributed by atoms with Crippen molar-refractivity contribution >= 4 is 5.78 Å². The molecule has 0 saturated carbocycles. The maximum atomic E-state index is 13.0. The lowest BCUT2D eigenvalue weighted by Gasteiger charge is -2.20. The van der Waals surface area contributed by atoms with E-state index in [1.807, 2.05) is 6.92 Å². The van der Waals surface area contributed by atoms with Gasteiger partial charge in [0.15, 0.2) is 11.6 Å². The Hall–Kier alpha value is -1.29. The fraction of sp³-hybridized carbons (Fsp3) is 0.462. The first-order valence-electron chi connectivity index (χ1n) is 5.69. The minimum Gasteiger partial charge on any atom is -0.316 e. The van der Waals surface area contributed by atoms with Gasteiger partial charge in [0.2, 0.25) is 0 Å². The van der Waals surface area contributed by atoms with E-state index in [0.29, 0.717) is 12.1 Å². The summed E-state index contributed by atoms with van der Waals surface area (Å²) in [6, 6.07) is 3.62. The lowest BCUT2D eigenvalue weighted by molar-refractivity contribution is -0.126. The standard InChI is InChI=1S/C13H15F2NO/c1-13(4-5-16-8-13)12(17)7-9-2-3-10(14)11(15)6-9/h2-3,6,16H,4-5,7-8H2,1H3. The first kappa shape index (κ1) is 12.2. The maximum Gasteiger partial charge on any atom is 0.159 e. The maximum absolute atomic E-state index is 13.0. The van der Waals surface area contributed by atoms with E-state index in [1.54, 1.807) is 0 Å². The van der Waals surface area contributed by atoms with Crippen molar-refractivity contribution < 1.29 is 13.6 Å². The van der Waals surface area contributed by atoms with Crippen LogP contribution in [-0.4, -0.2) is 18.9 Å². The average Bonchev–Trinajstić information content (AvgIpc) is 2.72. The molecule has 1 aromatic rings. The van der Waals surface area contributed by atoms with Crippen LogP contribution in [-0.2, 0) is 11.2 Å². The molecule has 0 amide bonds. The van der Waals surface area contributed by atoms with Gasteiger partial charge in [0.05, 0.1) is 0 Å². The summed E-state index contributed by atoms with van der Waals surface area (Å²) in [7, 11) is 0. The van der Waals surface area contributed by atoms with Crippen LogP contribution in [0.15, 0.2) is 18.2 Å². The third-order valence-electron chi connectivity index (χ3n) is 3.39. The van der Waals surface area contributed by atoms with Crippen LogP contribution in [0.25, 0.3) is 0 Å². The van der Waals surface area contributed by atoms with Crippen LogP contribution >= 0.6 is 0 Å². The summed E-state index contributed by atoms with van der Waals surface area (Å²) in [5, 5.41) is 3.15.